The van der Waals surface area contributed by atoms with Gasteiger partial charge in [0.25, 0.3) is 11.7 Å². The van der Waals surface area contributed by atoms with E-state index in [1.165, 1.54) is 59.4 Å². The topological polar surface area (TPSA) is 217 Å². The molecule has 0 unspecified atom stereocenters. The Morgan fingerprint density at radius 3 is 2.19 bits per heavy atom. The molecule has 9 atom stereocenters. The fourth-order valence-electron chi connectivity index (χ4n) is 7.76. The van der Waals surface area contributed by atoms with Gasteiger partial charge in [0.05, 0.1) is 53.0 Å². The molecule has 5 rings (SSSR count). The van der Waals surface area contributed by atoms with E-state index in [9.17, 15) is 39.9 Å². The number of allylic oxidation sites excluding steroid dienone is 2. The number of rotatable bonds is 8. The summed E-state index contributed by atoms with van der Waals surface area (Å²) in [6.45, 7) is 17.6. The maximum absolute atomic E-state index is 14.4. The summed E-state index contributed by atoms with van der Waals surface area (Å²) in [5.74, 6) is -8.35. The van der Waals surface area contributed by atoms with Gasteiger partial charge in [0, 0.05) is 74.2 Å². The predicted octanol–water partition coefficient (Wildman–Crippen LogP) is 6.21. The van der Waals surface area contributed by atoms with Crippen LogP contribution in [0.3, 0.4) is 0 Å². The highest BCUT2D eigenvalue weighted by atomic mass is 16.7. The Kier molecular flexibility index (Phi) is 15.2. The second-order valence-corrected chi connectivity index (χ2v) is 15.8. The SMILES string of the molecule is CCCN(CCC)N=Cc1c2c(O)c3c(O)c(C)c4c(c3c1O)C(=O)[C@@](C)(O/C=C/[C@H](OC)[C@H](C)[C@@H](OC(C)=O)[C@@H](C)[C@H](O)[C@H](C)[C@@H](O)[C@@H](C)/C=C/C=C(/C)C(=O)N2)O4. The Hall–Kier alpha value is -5.12. The quantitative estimate of drug-likeness (QED) is 0.0575. The van der Waals surface area contributed by atoms with Crippen molar-refractivity contribution in [3.63, 3.8) is 0 Å². The number of ether oxygens (including phenoxy) is 4. The maximum Gasteiger partial charge on any atom is 0.312 e. The number of anilines is 1. The molecule has 2 aromatic carbocycles. The summed E-state index contributed by atoms with van der Waals surface area (Å²) < 4.78 is 23.6. The largest absolute Gasteiger partial charge is 0.507 e. The Morgan fingerprint density at radius 1 is 0.949 bits per heavy atom. The second-order valence-electron chi connectivity index (χ2n) is 15.8. The highest BCUT2D eigenvalue weighted by Crippen LogP contribution is 2.55. The van der Waals surface area contributed by atoms with Gasteiger partial charge in [0.1, 0.15) is 23.4 Å². The van der Waals surface area contributed by atoms with Crippen LogP contribution < -0.4 is 10.1 Å². The lowest BCUT2D eigenvalue weighted by molar-refractivity contribution is -0.160. The number of nitrogens with one attached hydrogen (secondary N) is 1. The first-order chi connectivity index (χ1) is 27.8. The number of fused-ring (bicyclic) bond motifs is 14. The van der Waals surface area contributed by atoms with Gasteiger partial charge in [-0.15, -0.1) is 0 Å². The first-order valence-electron chi connectivity index (χ1n) is 20.1. The Morgan fingerprint density at radius 2 is 1.59 bits per heavy atom. The molecule has 2 aromatic rings. The monoisotopic (exact) mass is 823 g/mol. The van der Waals surface area contributed by atoms with Crippen LogP contribution in [0.2, 0.25) is 0 Å². The number of hydrazone groups is 1. The number of phenols is 3. The van der Waals surface area contributed by atoms with E-state index in [1.54, 1.807) is 44.9 Å². The van der Waals surface area contributed by atoms with Crippen LogP contribution >= 0.6 is 0 Å². The smallest absolute Gasteiger partial charge is 0.312 e. The lowest BCUT2D eigenvalue weighted by atomic mass is 9.78. The van der Waals surface area contributed by atoms with Gasteiger partial charge in [-0.3, -0.25) is 19.4 Å². The Balaban J connectivity index is 2.00. The molecule has 5 bridgehead atoms. The van der Waals surface area contributed by atoms with Crippen LogP contribution in [0.25, 0.3) is 10.8 Å². The van der Waals surface area contributed by atoms with Crippen LogP contribution in [0.4, 0.5) is 5.69 Å². The van der Waals surface area contributed by atoms with Crippen LogP contribution in [-0.4, -0.2) is 105 Å². The molecule has 0 aromatic heterocycles. The van der Waals surface area contributed by atoms with Crippen LogP contribution in [0, 0.1) is 30.6 Å². The highest BCUT2D eigenvalue weighted by molar-refractivity contribution is 6.23. The van der Waals surface area contributed by atoms with Crippen molar-refractivity contribution >= 4 is 40.3 Å². The molecule has 0 fully saturated rings. The number of aromatic hydroxyl groups is 3. The number of amides is 1. The van der Waals surface area contributed by atoms with Gasteiger partial charge < -0.3 is 49.8 Å². The van der Waals surface area contributed by atoms with Crippen molar-refractivity contribution in [2.24, 2.45) is 28.8 Å². The third kappa shape index (κ3) is 9.53. The molecule has 15 heteroatoms. The van der Waals surface area contributed by atoms with Gasteiger partial charge in [-0.1, -0.05) is 59.8 Å². The van der Waals surface area contributed by atoms with Crippen LogP contribution in [-0.2, 0) is 23.8 Å². The molecule has 3 aliphatic heterocycles. The van der Waals surface area contributed by atoms with Crippen molar-refractivity contribution in [2.75, 3.05) is 25.5 Å². The van der Waals surface area contributed by atoms with Gasteiger partial charge in [-0.25, -0.2) is 0 Å². The number of esters is 1. The molecule has 3 heterocycles. The zero-order valence-electron chi connectivity index (χ0n) is 35.9. The summed E-state index contributed by atoms with van der Waals surface area (Å²) in [5.41, 5.74) is -0.354. The molecule has 0 spiro atoms. The molecule has 0 radical (unpaired) electrons. The van der Waals surface area contributed by atoms with Crippen molar-refractivity contribution in [3.05, 3.63) is 52.8 Å². The summed E-state index contributed by atoms with van der Waals surface area (Å²) in [4.78, 5) is 40.5. The van der Waals surface area contributed by atoms with Gasteiger partial charge in [-0.2, -0.15) is 5.10 Å². The first kappa shape index (κ1) is 46.6. The first-order valence-corrected chi connectivity index (χ1v) is 20.1. The van der Waals surface area contributed by atoms with Gasteiger partial charge >= 0.3 is 11.8 Å². The highest BCUT2D eigenvalue weighted by Gasteiger charge is 2.50. The predicted molar refractivity (Wildman–Crippen MR) is 224 cm³/mol. The summed E-state index contributed by atoms with van der Waals surface area (Å²) in [7, 11) is 1.44. The molecule has 15 nitrogen and oxygen atoms in total. The van der Waals surface area contributed by atoms with E-state index in [1.807, 2.05) is 13.8 Å². The molecule has 0 saturated carbocycles. The average Bonchev–Trinajstić information content (AvgIpc) is 3.46. The van der Waals surface area contributed by atoms with E-state index >= 15 is 0 Å². The molecule has 0 aliphatic carbocycles. The number of methoxy groups -OCH3 is 1. The number of carbonyl (C=O) groups is 3. The van der Waals surface area contributed by atoms with Crippen LogP contribution in [0.15, 0.2) is 41.2 Å². The van der Waals surface area contributed by atoms with E-state index in [0.29, 0.717) is 13.1 Å². The molecule has 59 heavy (non-hydrogen) atoms. The zero-order chi connectivity index (χ0) is 44.1. The van der Waals surface area contributed by atoms with Gasteiger partial charge in [0.15, 0.2) is 5.75 Å². The maximum atomic E-state index is 14.4. The lowest BCUT2D eigenvalue weighted by Crippen LogP contribution is -2.46. The lowest BCUT2D eigenvalue weighted by Gasteiger charge is -2.38. The van der Waals surface area contributed by atoms with Crippen molar-refractivity contribution in [2.45, 2.75) is 112 Å². The fraction of sp³-hybridized carbons (Fsp3) is 0.545. The summed E-state index contributed by atoms with van der Waals surface area (Å²) in [5, 5.41) is 66.9. The number of phenolic OH excluding ortho intramolecular Hbond substituents is 3. The van der Waals surface area contributed by atoms with E-state index in [4.69, 9.17) is 18.9 Å². The number of Topliss-reactive ketones (excluding diaryl/α,β-unsaturated/α-hetero) is 1. The summed E-state index contributed by atoms with van der Waals surface area (Å²) >= 11 is 0. The van der Waals surface area contributed by atoms with Crippen molar-refractivity contribution in [3.8, 4) is 23.0 Å². The number of hydrogen-bond donors (Lipinski definition) is 6. The molecule has 1 amide bonds. The van der Waals surface area contributed by atoms with Gasteiger partial charge in [0.2, 0.25) is 0 Å². The number of nitrogens with zero attached hydrogens (tertiary/aromatic N) is 2. The van der Waals surface area contributed by atoms with Gasteiger partial charge in [-0.05, 0) is 32.8 Å². The summed E-state index contributed by atoms with van der Waals surface area (Å²) in [6.07, 6.45) is 6.38. The van der Waals surface area contributed by atoms with Crippen LogP contribution in [0.5, 0.6) is 23.0 Å². The zero-order valence-corrected chi connectivity index (χ0v) is 35.9. The molecule has 324 valence electrons. The van der Waals surface area contributed by atoms with E-state index in [2.05, 4.69) is 10.4 Å². The fourth-order valence-corrected chi connectivity index (χ4v) is 7.76. The van der Waals surface area contributed by atoms with Crippen LogP contribution in [0.1, 0.15) is 96.6 Å². The number of aliphatic hydroxyl groups excluding tert-OH is 2. The van der Waals surface area contributed by atoms with E-state index in [-0.39, 0.29) is 44.5 Å². The Bertz CT molecular complexity index is 2020. The van der Waals surface area contributed by atoms with Crippen molar-refractivity contribution in [1.82, 2.24) is 5.01 Å². The van der Waals surface area contributed by atoms with Crippen molar-refractivity contribution in [1.29, 1.82) is 0 Å². The molecular weight excluding hydrogens is 762 g/mol. The third-order valence-electron chi connectivity index (χ3n) is 11.3. The summed E-state index contributed by atoms with van der Waals surface area (Å²) in [6, 6.07) is 0. The van der Waals surface area contributed by atoms with E-state index in [0.717, 1.165) is 12.8 Å². The number of carbonyl (C=O) groups excluding carboxylic acids is 3. The number of aliphatic hydroxyl groups is 2. The minimum Gasteiger partial charge on any atom is -0.507 e. The standard InChI is InChI=1S/C44H61N3O12/c1-12-18-47(19-13-2)45-21-29-34-39(53)32-31(38(29)52)33-41(27(8)37(32)51)59-44(10,42(33)54)57-20-17-30(56-11)24(5)40(58-28(9)48)26(7)36(50)25(6)35(49)22(3)15-14-16-23(4)43(55)46-34/h14-17,20-22,24-26,30,35-36,40,49-53H,12-13,18-19H2,1-11H3,(H,46,55)/b15-14+,20-17+,23-16-,45-21?/t22-,24-,25+,26-,30-,35-,36+,40+,44-/m0/s1. The number of hydrogen-bond acceptors (Lipinski definition) is 14. The molecule has 0 saturated heterocycles. The molecule has 3 aliphatic rings. The van der Waals surface area contributed by atoms with E-state index < -0.39 is 88.8 Å². The third-order valence-corrected chi connectivity index (χ3v) is 11.3. The average molecular weight is 824 g/mol. The number of benzene rings is 2. The normalized spacial score (nSPS) is 30.1. The molecular formula is C44H61N3O12. The Labute approximate surface area is 346 Å². The second kappa shape index (κ2) is 19.3. The number of ketones is 1. The molecule has 6 N–H and O–H groups in total. The van der Waals surface area contributed by atoms with Crippen molar-refractivity contribution < 1.29 is 58.9 Å². The minimum absolute atomic E-state index is 0.0556. The minimum atomic E-state index is -2.04.